The molecule has 0 fully saturated rings. The van der Waals surface area contributed by atoms with Gasteiger partial charge in [0.1, 0.15) is 12.7 Å². The smallest absolute Gasteiger partial charge is 0.332 e. The van der Waals surface area contributed by atoms with Crippen LogP contribution in [-0.2, 0) is 42.9 Å². The second-order valence-corrected chi connectivity index (χ2v) is 11.3. The van der Waals surface area contributed by atoms with Crippen molar-refractivity contribution in [3.8, 4) is 0 Å². The fourth-order valence-electron chi connectivity index (χ4n) is 4.00. The molecule has 0 rings (SSSR count). The summed E-state index contributed by atoms with van der Waals surface area (Å²) in [5.41, 5.74) is 0. The van der Waals surface area contributed by atoms with Crippen LogP contribution in [0.1, 0.15) is 33.6 Å². The van der Waals surface area contributed by atoms with E-state index in [1.165, 1.54) is 56.2 Å². The van der Waals surface area contributed by atoms with Crippen LogP contribution in [0.25, 0.3) is 0 Å². The van der Waals surface area contributed by atoms with E-state index in [2.05, 4.69) is 0 Å². The molecule has 2 unspecified atom stereocenters. The zero-order valence-electron chi connectivity index (χ0n) is 31.0. The van der Waals surface area contributed by atoms with Crippen LogP contribution in [0.3, 0.4) is 0 Å². The van der Waals surface area contributed by atoms with Gasteiger partial charge < -0.3 is 63.7 Å². The number of carbonyl (C=O) groups is 4. The Morgan fingerprint density at radius 1 is 0.519 bits per heavy atom. The average Bonchev–Trinajstić information content (AvgIpc) is 3.11. The van der Waals surface area contributed by atoms with Gasteiger partial charge in [-0.15, -0.1) is 0 Å². The van der Waals surface area contributed by atoms with Crippen LogP contribution in [0, 0.1) is 0 Å². The third-order valence-corrected chi connectivity index (χ3v) is 7.09. The summed E-state index contributed by atoms with van der Waals surface area (Å²) >= 11 is 0. The van der Waals surface area contributed by atoms with Crippen LogP contribution in [0.4, 0.5) is 0 Å². The molecule has 0 aromatic carbocycles. The Kier molecular flexibility index (Phi) is 29.0. The van der Waals surface area contributed by atoms with E-state index >= 15 is 0 Å². The standard InChI is InChI=1S/C35H60N4O13/c1-5-30(2)51-34(46)8-13-38(21-25-42)17-15-36(19-23-40)11-6-32(44)49-27-10-31(3)52-35(47)9-14-39(22-26-43)18-16-37(20-24-41)12-7-33(45)50-29-28-48-4/h6-9,11-14,30-31,40-43H,5,10,15-29H2,1-4H3/b11-6+,12-7+,13-8+,14-9+. The first-order valence-corrected chi connectivity index (χ1v) is 17.4. The molecule has 0 aromatic rings. The SMILES string of the molecule is CCC(C)OC(=O)/C=C/N(CCO)CCN(/C=C/C(=O)OCCC(C)OC(=O)/C=C/N(CCO)CCN(/C=C/C(=O)OCCOC)CCO)CCO. The fourth-order valence-corrected chi connectivity index (χ4v) is 4.00. The summed E-state index contributed by atoms with van der Waals surface area (Å²) in [6.45, 7) is 7.54. The summed E-state index contributed by atoms with van der Waals surface area (Å²) in [4.78, 5) is 55.2. The first kappa shape index (κ1) is 47.8. The van der Waals surface area contributed by atoms with Crippen molar-refractivity contribution < 1.29 is 63.3 Å². The number of hydrogen-bond donors (Lipinski definition) is 4. The lowest BCUT2D eigenvalue weighted by Crippen LogP contribution is -2.33. The van der Waals surface area contributed by atoms with E-state index in [4.69, 9.17) is 23.7 Å². The fraction of sp³-hybridized carbons (Fsp3) is 0.657. The van der Waals surface area contributed by atoms with Crippen LogP contribution < -0.4 is 0 Å². The number of ether oxygens (including phenoxy) is 5. The molecule has 2 atom stereocenters. The molecule has 0 saturated heterocycles. The van der Waals surface area contributed by atoms with Crippen LogP contribution in [-0.4, -0.2) is 182 Å². The minimum atomic E-state index is -0.635. The molecule has 298 valence electrons. The summed E-state index contributed by atoms with van der Waals surface area (Å²) in [5.74, 6) is -2.31. The number of aliphatic hydroxyl groups excluding tert-OH is 4. The molecule has 0 aromatic heterocycles. The zero-order chi connectivity index (χ0) is 39.0. The number of nitrogens with zero attached hydrogens (tertiary/aromatic N) is 4. The molecule has 52 heavy (non-hydrogen) atoms. The highest BCUT2D eigenvalue weighted by molar-refractivity contribution is 5.83. The van der Waals surface area contributed by atoms with Gasteiger partial charge in [-0.1, -0.05) is 6.92 Å². The monoisotopic (exact) mass is 744 g/mol. The lowest BCUT2D eigenvalue weighted by atomic mass is 10.3. The van der Waals surface area contributed by atoms with E-state index in [-0.39, 0.29) is 85.0 Å². The lowest BCUT2D eigenvalue weighted by Gasteiger charge is -2.25. The van der Waals surface area contributed by atoms with Crippen molar-refractivity contribution in [3.63, 3.8) is 0 Å². The van der Waals surface area contributed by atoms with Gasteiger partial charge in [0, 0.05) is 115 Å². The van der Waals surface area contributed by atoms with Crippen molar-refractivity contribution >= 4 is 23.9 Å². The van der Waals surface area contributed by atoms with Gasteiger partial charge in [0.2, 0.25) is 0 Å². The Bertz CT molecular complexity index is 1100. The van der Waals surface area contributed by atoms with Crippen molar-refractivity contribution in [1.29, 1.82) is 0 Å². The predicted molar refractivity (Wildman–Crippen MR) is 191 cm³/mol. The summed E-state index contributed by atoms with van der Waals surface area (Å²) in [7, 11) is 1.49. The van der Waals surface area contributed by atoms with E-state index in [1.807, 2.05) is 6.92 Å². The lowest BCUT2D eigenvalue weighted by molar-refractivity contribution is -0.145. The molecule has 0 amide bonds. The summed E-state index contributed by atoms with van der Waals surface area (Å²) < 4.78 is 25.6. The van der Waals surface area contributed by atoms with Gasteiger partial charge in [-0.25, -0.2) is 19.2 Å². The molecule has 4 N–H and O–H groups in total. The molecule has 0 aliphatic carbocycles. The molecule has 0 heterocycles. The van der Waals surface area contributed by atoms with Gasteiger partial charge in [0.15, 0.2) is 0 Å². The number of methoxy groups -OCH3 is 1. The van der Waals surface area contributed by atoms with E-state index in [1.54, 1.807) is 33.4 Å². The third-order valence-electron chi connectivity index (χ3n) is 7.09. The molecular formula is C35H60N4O13. The van der Waals surface area contributed by atoms with E-state index in [0.29, 0.717) is 32.6 Å². The number of hydrogen-bond acceptors (Lipinski definition) is 17. The largest absolute Gasteiger partial charge is 0.462 e. The van der Waals surface area contributed by atoms with Gasteiger partial charge in [0.05, 0.1) is 45.7 Å². The Balaban J connectivity index is 4.83. The number of aliphatic hydroxyl groups is 4. The highest BCUT2D eigenvalue weighted by Crippen LogP contribution is 2.03. The van der Waals surface area contributed by atoms with E-state index in [9.17, 15) is 39.6 Å². The summed E-state index contributed by atoms with van der Waals surface area (Å²) in [6, 6.07) is 0. The second kappa shape index (κ2) is 31.6. The molecule has 0 radical (unpaired) electrons. The molecule has 17 heteroatoms. The van der Waals surface area contributed by atoms with Crippen LogP contribution in [0.15, 0.2) is 49.1 Å². The molecule has 0 saturated carbocycles. The first-order chi connectivity index (χ1) is 25.0. The van der Waals surface area contributed by atoms with Crippen LogP contribution >= 0.6 is 0 Å². The first-order valence-electron chi connectivity index (χ1n) is 17.4. The highest BCUT2D eigenvalue weighted by Gasteiger charge is 2.11. The average molecular weight is 745 g/mol. The molecule has 0 aliphatic rings. The van der Waals surface area contributed by atoms with Gasteiger partial charge in [-0.2, -0.15) is 0 Å². The maximum absolute atomic E-state index is 12.4. The minimum Gasteiger partial charge on any atom is -0.462 e. The Labute approximate surface area is 307 Å². The predicted octanol–water partition coefficient (Wildman–Crippen LogP) is -0.385. The van der Waals surface area contributed by atoms with Crippen LogP contribution in [0.2, 0.25) is 0 Å². The van der Waals surface area contributed by atoms with Crippen molar-refractivity contribution in [2.45, 2.75) is 45.8 Å². The van der Waals surface area contributed by atoms with Gasteiger partial charge in [-0.05, 0) is 20.3 Å². The number of carbonyl (C=O) groups excluding carboxylic acids is 4. The topological polar surface area (TPSA) is 208 Å². The number of esters is 4. The maximum atomic E-state index is 12.4. The zero-order valence-corrected chi connectivity index (χ0v) is 31.0. The number of rotatable bonds is 31. The molecule has 0 aliphatic heterocycles. The van der Waals surface area contributed by atoms with Gasteiger partial charge in [-0.3, -0.25) is 0 Å². The van der Waals surface area contributed by atoms with Crippen LogP contribution in [0.5, 0.6) is 0 Å². The van der Waals surface area contributed by atoms with Crippen molar-refractivity contribution in [1.82, 2.24) is 19.6 Å². The van der Waals surface area contributed by atoms with Crippen molar-refractivity contribution in [2.75, 3.05) is 106 Å². The molecule has 17 nitrogen and oxygen atoms in total. The van der Waals surface area contributed by atoms with E-state index in [0.717, 1.165) is 0 Å². The second-order valence-electron chi connectivity index (χ2n) is 11.3. The Hall–Kier alpha value is -4.16. The molecule has 0 spiro atoms. The highest BCUT2D eigenvalue weighted by atomic mass is 16.6. The van der Waals surface area contributed by atoms with Crippen molar-refractivity contribution in [3.05, 3.63) is 49.1 Å². The molecule has 0 bridgehead atoms. The summed E-state index contributed by atoms with van der Waals surface area (Å²) in [5, 5.41) is 37.6. The third kappa shape index (κ3) is 26.6. The van der Waals surface area contributed by atoms with E-state index < -0.39 is 30.0 Å². The Morgan fingerprint density at radius 3 is 1.21 bits per heavy atom. The maximum Gasteiger partial charge on any atom is 0.332 e. The van der Waals surface area contributed by atoms with Gasteiger partial charge in [0.25, 0.3) is 0 Å². The normalized spacial score (nSPS) is 12.7. The summed E-state index contributed by atoms with van der Waals surface area (Å²) in [6.07, 6.45) is 11.1. The van der Waals surface area contributed by atoms with Gasteiger partial charge >= 0.3 is 23.9 Å². The Morgan fingerprint density at radius 2 is 0.865 bits per heavy atom. The minimum absolute atomic E-state index is 0.0199. The quantitative estimate of drug-likeness (QED) is 0.0309. The van der Waals surface area contributed by atoms with Crippen molar-refractivity contribution in [2.24, 2.45) is 0 Å². The molecular weight excluding hydrogens is 684 g/mol.